The summed E-state index contributed by atoms with van der Waals surface area (Å²) in [5, 5.41) is 0. The number of rotatable bonds is 6. The van der Waals surface area contributed by atoms with E-state index in [1.807, 2.05) is 24.3 Å². The first kappa shape index (κ1) is 16.7. The smallest absolute Gasteiger partial charge is 0.213 e. The molecule has 0 aliphatic carbocycles. The molecule has 3 rings (SSSR count). The highest BCUT2D eigenvalue weighted by molar-refractivity contribution is 5.19. The Labute approximate surface area is 143 Å². The van der Waals surface area contributed by atoms with Gasteiger partial charge >= 0.3 is 0 Å². The van der Waals surface area contributed by atoms with Crippen molar-refractivity contribution in [1.29, 1.82) is 0 Å². The monoisotopic (exact) mass is 327 g/mol. The van der Waals surface area contributed by atoms with Gasteiger partial charge in [0, 0.05) is 30.4 Å². The first-order valence-corrected chi connectivity index (χ1v) is 8.44. The molecule has 1 fully saturated rings. The Hall–Kier alpha value is -2.14. The number of nitrogens with zero attached hydrogens (tertiary/aromatic N) is 3. The van der Waals surface area contributed by atoms with Gasteiger partial charge in [0.05, 0.1) is 19.9 Å². The molecular formula is C19H25N3O2. The van der Waals surface area contributed by atoms with E-state index in [2.05, 4.69) is 33.9 Å². The number of aromatic nitrogens is 2. The third-order valence-electron chi connectivity index (χ3n) is 4.74. The molecule has 3 heterocycles. The van der Waals surface area contributed by atoms with Gasteiger partial charge in [-0.1, -0.05) is 12.1 Å². The zero-order valence-corrected chi connectivity index (χ0v) is 14.6. The molecule has 0 radical (unpaired) electrons. The Balaban J connectivity index is 1.61. The zero-order chi connectivity index (χ0) is 16.9. The molecule has 1 saturated heterocycles. The molecule has 0 bridgehead atoms. The minimum Gasteiger partial charge on any atom is -0.481 e. The quantitative estimate of drug-likeness (QED) is 0.816. The van der Waals surface area contributed by atoms with Crippen LogP contribution in [0.4, 0.5) is 0 Å². The molecule has 5 heteroatoms. The van der Waals surface area contributed by atoms with Crippen LogP contribution in [0.25, 0.3) is 0 Å². The first-order chi connectivity index (χ1) is 11.7. The Morgan fingerprint density at radius 3 is 2.54 bits per heavy atom. The number of ether oxygens (including phenoxy) is 2. The van der Waals surface area contributed by atoms with Crippen LogP contribution >= 0.6 is 0 Å². The minimum absolute atomic E-state index is 0.295. The van der Waals surface area contributed by atoms with Crippen molar-refractivity contribution in [3.8, 4) is 11.8 Å². The maximum absolute atomic E-state index is 5.24. The lowest BCUT2D eigenvalue weighted by Crippen LogP contribution is -2.25. The number of hydrogen-bond donors (Lipinski definition) is 0. The molecule has 0 saturated carbocycles. The summed E-state index contributed by atoms with van der Waals surface area (Å²) in [4.78, 5) is 11.6. The van der Waals surface area contributed by atoms with E-state index >= 15 is 0 Å². The topological polar surface area (TPSA) is 47.5 Å². The van der Waals surface area contributed by atoms with E-state index < -0.39 is 0 Å². The molecular weight excluding hydrogens is 302 g/mol. The summed E-state index contributed by atoms with van der Waals surface area (Å²) in [6.07, 6.45) is 2.18. The van der Waals surface area contributed by atoms with E-state index in [4.69, 9.17) is 9.47 Å². The standard InChI is InChI=1S/C19H25N3O2/c1-14(17-7-5-9-19(21-17)24-3)22-11-10-15(13-22)12-16-6-4-8-18(20-16)23-2/h4-9,14-15H,10-13H2,1-3H3/t14?,15-/m1/s1. The number of methoxy groups -OCH3 is 2. The molecule has 5 nitrogen and oxygen atoms in total. The predicted octanol–water partition coefficient (Wildman–Crippen LogP) is 3.12. The van der Waals surface area contributed by atoms with Gasteiger partial charge in [0.15, 0.2) is 0 Å². The maximum atomic E-state index is 5.24. The first-order valence-electron chi connectivity index (χ1n) is 8.44. The van der Waals surface area contributed by atoms with E-state index in [9.17, 15) is 0 Å². The van der Waals surface area contributed by atoms with E-state index in [0.717, 1.165) is 30.9 Å². The predicted molar refractivity (Wildman–Crippen MR) is 93.4 cm³/mol. The van der Waals surface area contributed by atoms with Gasteiger partial charge in [-0.3, -0.25) is 4.90 Å². The minimum atomic E-state index is 0.295. The Morgan fingerprint density at radius 2 is 1.79 bits per heavy atom. The van der Waals surface area contributed by atoms with Crippen LogP contribution in [0, 0.1) is 5.92 Å². The summed E-state index contributed by atoms with van der Waals surface area (Å²) in [6.45, 7) is 4.38. The molecule has 2 atom stereocenters. The summed E-state index contributed by atoms with van der Waals surface area (Å²) < 4.78 is 10.5. The lowest BCUT2D eigenvalue weighted by atomic mass is 10.0. The summed E-state index contributed by atoms with van der Waals surface area (Å²) in [5.41, 5.74) is 2.17. The van der Waals surface area contributed by atoms with E-state index in [-0.39, 0.29) is 0 Å². The lowest BCUT2D eigenvalue weighted by Gasteiger charge is -2.24. The van der Waals surface area contributed by atoms with Crippen LogP contribution in [0.1, 0.15) is 30.8 Å². The van der Waals surface area contributed by atoms with Crippen molar-refractivity contribution in [3.05, 3.63) is 47.8 Å². The SMILES string of the molecule is COc1cccc(C[C@H]2CCN(C(C)c3cccc(OC)n3)C2)n1. The maximum Gasteiger partial charge on any atom is 0.213 e. The average molecular weight is 327 g/mol. The van der Waals surface area contributed by atoms with Gasteiger partial charge in [-0.2, -0.15) is 0 Å². The number of hydrogen-bond acceptors (Lipinski definition) is 5. The van der Waals surface area contributed by atoms with Gasteiger partial charge in [0.2, 0.25) is 11.8 Å². The fraction of sp³-hybridized carbons (Fsp3) is 0.474. The molecule has 0 N–H and O–H groups in total. The zero-order valence-electron chi connectivity index (χ0n) is 14.6. The molecule has 0 spiro atoms. The average Bonchev–Trinajstić information content (AvgIpc) is 3.09. The van der Waals surface area contributed by atoms with Crippen molar-refractivity contribution in [2.75, 3.05) is 27.3 Å². The van der Waals surface area contributed by atoms with E-state index in [1.165, 1.54) is 6.42 Å². The fourth-order valence-corrected chi connectivity index (χ4v) is 3.33. The van der Waals surface area contributed by atoms with Crippen LogP contribution in [-0.2, 0) is 6.42 Å². The van der Waals surface area contributed by atoms with Crippen molar-refractivity contribution in [1.82, 2.24) is 14.9 Å². The second-order valence-corrected chi connectivity index (χ2v) is 6.31. The Morgan fingerprint density at radius 1 is 1.08 bits per heavy atom. The summed E-state index contributed by atoms with van der Waals surface area (Å²) in [5.74, 6) is 1.99. The molecule has 128 valence electrons. The third kappa shape index (κ3) is 3.85. The van der Waals surface area contributed by atoms with Crippen LogP contribution < -0.4 is 9.47 Å². The molecule has 1 aliphatic heterocycles. The molecule has 2 aromatic rings. The van der Waals surface area contributed by atoms with Gasteiger partial charge in [-0.15, -0.1) is 0 Å². The molecule has 24 heavy (non-hydrogen) atoms. The summed E-state index contributed by atoms with van der Waals surface area (Å²) >= 11 is 0. The second-order valence-electron chi connectivity index (χ2n) is 6.31. The van der Waals surface area contributed by atoms with Crippen LogP contribution in [-0.4, -0.2) is 42.2 Å². The highest BCUT2D eigenvalue weighted by Crippen LogP contribution is 2.29. The van der Waals surface area contributed by atoms with E-state index in [0.29, 0.717) is 23.7 Å². The van der Waals surface area contributed by atoms with Crippen LogP contribution in [0.3, 0.4) is 0 Å². The molecule has 1 unspecified atom stereocenters. The van der Waals surface area contributed by atoms with Crippen LogP contribution in [0.2, 0.25) is 0 Å². The number of pyridine rings is 2. The highest BCUT2D eigenvalue weighted by atomic mass is 16.5. The largest absolute Gasteiger partial charge is 0.481 e. The van der Waals surface area contributed by atoms with Gasteiger partial charge in [0.25, 0.3) is 0 Å². The Kier molecular flexibility index (Phi) is 5.30. The fourth-order valence-electron chi connectivity index (χ4n) is 3.33. The molecule has 2 aromatic heterocycles. The number of likely N-dealkylation sites (tertiary alicyclic amines) is 1. The van der Waals surface area contributed by atoms with Crippen molar-refractivity contribution < 1.29 is 9.47 Å². The lowest BCUT2D eigenvalue weighted by molar-refractivity contribution is 0.246. The van der Waals surface area contributed by atoms with Crippen molar-refractivity contribution in [3.63, 3.8) is 0 Å². The van der Waals surface area contributed by atoms with Crippen molar-refractivity contribution in [2.45, 2.75) is 25.8 Å². The highest BCUT2D eigenvalue weighted by Gasteiger charge is 2.28. The Bertz CT molecular complexity index is 677. The van der Waals surface area contributed by atoms with Gasteiger partial charge in [-0.25, -0.2) is 9.97 Å². The van der Waals surface area contributed by atoms with Gasteiger partial charge in [-0.05, 0) is 44.4 Å². The van der Waals surface area contributed by atoms with Crippen molar-refractivity contribution >= 4 is 0 Å². The normalized spacial score (nSPS) is 19.2. The van der Waals surface area contributed by atoms with E-state index in [1.54, 1.807) is 14.2 Å². The summed E-state index contributed by atoms with van der Waals surface area (Å²) in [6, 6.07) is 12.2. The summed E-state index contributed by atoms with van der Waals surface area (Å²) in [7, 11) is 3.32. The second kappa shape index (κ2) is 7.62. The third-order valence-corrected chi connectivity index (χ3v) is 4.74. The van der Waals surface area contributed by atoms with Crippen molar-refractivity contribution in [2.24, 2.45) is 5.92 Å². The van der Waals surface area contributed by atoms with Gasteiger partial charge < -0.3 is 9.47 Å². The van der Waals surface area contributed by atoms with Crippen LogP contribution in [0.15, 0.2) is 36.4 Å². The van der Waals surface area contributed by atoms with Gasteiger partial charge in [0.1, 0.15) is 0 Å². The molecule has 0 amide bonds. The molecule has 0 aromatic carbocycles. The van der Waals surface area contributed by atoms with Crippen LogP contribution in [0.5, 0.6) is 11.8 Å². The molecule has 1 aliphatic rings.